The summed E-state index contributed by atoms with van der Waals surface area (Å²) < 4.78 is 15.3. The van der Waals surface area contributed by atoms with Crippen LogP contribution in [-0.2, 0) is 13.0 Å². The third kappa shape index (κ3) is 4.90. The van der Waals surface area contributed by atoms with E-state index < -0.39 is 0 Å². The number of nitrogens with one attached hydrogen (secondary N) is 2. The highest BCUT2D eigenvalue weighted by Crippen LogP contribution is 2.30. The predicted molar refractivity (Wildman–Crippen MR) is 136 cm³/mol. The Morgan fingerprint density at radius 2 is 2.14 bits per heavy atom. The maximum absolute atomic E-state index is 13.5. The van der Waals surface area contributed by atoms with Crippen molar-refractivity contribution in [1.29, 1.82) is 0 Å². The number of aromatic nitrogens is 2. The zero-order valence-corrected chi connectivity index (χ0v) is 21.1. The van der Waals surface area contributed by atoms with Gasteiger partial charge in [0.25, 0.3) is 11.5 Å². The highest BCUT2D eigenvalue weighted by Gasteiger charge is 2.26. The summed E-state index contributed by atoms with van der Waals surface area (Å²) in [6, 6.07) is 7.03. The van der Waals surface area contributed by atoms with Gasteiger partial charge in [-0.05, 0) is 62.3 Å². The van der Waals surface area contributed by atoms with Gasteiger partial charge in [-0.1, -0.05) is 18.6 Å². The van der Waals surface area contributed by atoms with Crippen molar-refractivity contribution in [3.63, 3.8) is 0 Å². The second-order valence-electron chi connectivity index (χ2n) is 9.73. The first kappa shape index (κ1) is 24.1. The molecule has 35 heavy (non-hydrogen) atoms. The van der Waals surface area contributed by atoms with E-state index in [9.17, 15) is 14.0 Å². The lowest BCUT2D eigenvalue weighted by atomic mass is 9.99. The summed E-state index contributed by atoms with van der Waals surface area (Å²) in [4.78, 5) is 34.3. The Bertz CT molecular complexity index is 1300. The van der Waals surface area contributed by atoms with Crippen LogP contribution in [0, 0.1) is 12.7 Å². The van der Waals surface area contributed by atoms with Crippen molar-refractivity contribution >= 4 is 27.5 Å². The minimum absolute atomic E-state index is 0.00462. The van der Waals surface area contributed by atoms with Gasteiger partial charge in [0.1, 0.15) is 16.5 Å². The Balaban J connectivity index is 1.21. The SMILES string of the molecule is Cc1c(C(=O)N(C)CCCC2CC(c3cccc(F)c3)NN2)sc2nc3n(c(=O)c12)CCCCC3. The van der Waals surface area contributed by atoms with Gasteiger partial charge in [0, 0.05) is 38.6 Å². The number of hydrogen-bond donors (Lipinski definition) is 2. The number of fused-ring (bicyclic) bond motifs is 2. The van der Waals surface area contributed by atoms with E-state index >= 15 is 0 Å². The average Bonchev–Trinajstić information content (AvgIpc) is 3.36. The van der Waals surface area contributed by atoms with E-state index in [1.54, 1.807) is 17.0 Å². The number of benzene rings is 1. The van der Waals surface area contributed by atoms with Crippen LogP contribution in [0.25, 0.3) is 10.2 Å². The van der Waals surface area contributed by atoms with Crippen LogP contribution in [0.3, 0.4) is 0 Å². The number of hydrazine groups is 1. The van der Waals surface area contributed by atoms with E-state index in [1.165, 1.54) is 17.4 Å². The lowest BCUT2D eigenvalue weighted by Crippen LogP contribution is -2.32. The van der Waals surface area contributed by atoms with E-state index in [2.05, 4.69) is 10.9 Å². The third-order valence-electron chi connectivity index (χ3n) is 7.23. The Hall–Kier alpha value is -2.62. The minimum Gasteiger partial charge on any atom is -0.341 e. The van der Waals surface area contributed by atoms with Crippen molar-refractivity contribution in [2.24, 2.45) is 0 Å². The van der Waals surface area contributed by atoms with E-state index in [-0.39, 0.29) is 29.4 Å². The number of rotatable bonds is 6. The normalized spacial score (nSPS) is 20.1. The van der Waals surface area contributed by atoms with Crippen molar-refractivity contribution in [3.05, 3.63) is 62.3 Å². The largest absolute Gasteiger partial charge is 0.341 e. The minimum atomic E-state index is -0.224. The molecule has 186 valence electrons. The number of carbonyl (C=O) groups is 1. The zero-order chi connectivity index (χ0) is 24.5. The molecule has 1 aromatic carbocycles. The summed E-state index contributed by atoms with van der Waals surface area (Å²) >= 11 is 1.34. The maximum Gasteiger partial charge on any atom is 0.264 e. The van der Waals surface area contributed by atoms with Gasteiger partial charge < -0.3 is 4.90 Å². The fourth-order valence-electron chi connectivity index (χ4n) is 5.22. The molecule has 0 saturated carbocycles. The first-order valence-electron chi connectivity index (χ1n) is 12.5. The van der Waals surface area contributed by atoms with Gasteiger partial charge in [0.15, 0.2) is 0 Å². The van der Waals surface area contributed by atoms with Gasteiger partial charge >= 0.3 is 0 Å². The van der Waals surface area contributed by atoms with Crippen molar-refractivity contribution < 1.29 is 9.18 Å². The van der Waals surface area contributed by atoms with Crippen molar-refractivity contribution in [3.8, 4) is 0 Å². The summed E-state index contributed by atoms with van der Waals surface area (Å²) in [6.45, 7) is 3.20. The molecule has 2 atom stereocenters. The van der Waals surface area contributed by atoms with Gasteiger partial charge in [-0.15, -0.1) is 11.3 Å². The number of carbonyl (C=O) groups excluding carboxylic acids is 1. The number of thiophene rings is 1. The topological polar surface area (TPSA) is 79.3 Å². The molecule has 1 saturated heterocycles. The maximum atomic E-state index is 13.5. The molecule has 0 bridgehead atoms. The van der Waals surface area contributed by atoms with Gasteiger partial charge in [0.2, 0.25) is 0 Å². The molecule has 3 aromatic rings. The molecule has 1 fully saturated rings. The number of nitrogens with zero attached hydrogens (tertiary/aromatic N) is 3. The van der Waals surface area contributed by atoms with Crippen LogP contribution in [0.4, 0.5) is 4.39 Å². The standard InChI is InChI=1S/C26H32FN5O2S/c1-16-22-24(28-21-11-4-3-5-13-32(21)25(22)33)35-23(16)26(34)31(2)12-7-10-19-15-20(30-29-19)17-8-6-9-18(27)14-17/h6,8-9,14,19-20,29-30H,3-5,7,10-13,15H2,1-2H3. The second-order valence-corrected chi connectivity index (χ2v) is 10.7. The molecule has 2 N–H and O–H groups in total. The molecule has 7 nitrogen and oxygen atoms in total. The number of hydrogen-bond acceptors (Lipinski definition) is 6. The molecule has 2 aliphatic heterocycles. The molecule has 4 heterocycles. The van der Waals surface area contributed by atoms with E-state index in [0.717, 1.165) is 61.9 Å². The highest BCUT2D eigenvalue weighted by molar-refractivity contribution is 7.20. The first-order chi connectivity index (χ1) is 16.9. The van der Waals surface area contributed by atoms with Gasteiger partial charge in [0.05, 0.1) is 10.3 Å². The lowest BCUT2D eigenvalue weighted by molar-refractivity contribution is 0.0796. The van der Waals surface area contributed by atoms with Gasteiger partial charge in [-0.25, -0.2) is 9.37 Å². The summed E-state index contributed by atoms with van der Waals surface area (Å²) in [6.07, 6.45) is 6.58. The molecule has 0 aliphatic carbocycles. The van der Waals surface area contributed by atoms with Crippen molar-refractivity contribution in [1.82, 2.24) is 25.3 Å². The molecular weight excluding hydrogens is 465 g/mol. The smallest absolute Gasteiger partial charge is 0.264 e. The van der Waals surface area contributed by atoms with E-state index in [1.807, 2.05) is 24.6 Å². The number of aryl methyl sites for hydroxylation is 2. The van der Waals surface area contributed by atoms with Crippen molar-refractivity contribution in [2.45, 2.75) is 70.5 Å². The average molecular weight is 498 g/mol. The molecule has 2 aromatic heterocycles. The van der Waals surface area contributed by atoms with Gasteiger partial charge in [-0.3, -0.25) is 25.0 Å². The molecule has 2 aliphatic rings. The van der Waals surface area contributed by atoms with E-state index in [0.29, 0.717) is 28.2 Å². The summed E-state index contributed by atoms with van der Waals surface area (Å²) in [5, 5.41) is 0.599. The summed E-state index contributed by atoms with van der Waals surface area (Å²) in [5.41, 5.74) is 8.25. The van der Waals surface area contributed by atoms with Crippen LogP contribution in [-0.4, -0.2) is 40.0 Å². The van der Waals surface area contributed by atoms with Crippen molar-refractivity contribution in [2.75, 3.05) is 13.6 Å². The molecule has 1 amide bonds. The molecular formula is C26H32FN5O2S. The van der Waals surface area contributed by atoms with Crippen LogP contribution < -0.4 is 16.4 Å². The second kappa shape index (κ2) is 10.2. The summed E-state index contributed by atoms with van der Waals surface area (Å²) in [5.74, 6) is 0.570. The van der Waals surface area contributed by atoms with Gasteiger partial charge in [-0.2, -0.15) is 0 Å². The molecule has 0 spiro atoms. The third-order valence-corrected chi connectivity index (χ3v) is 8.41. The fourth-order valence-corrected chi connectivity index (χ4v) is 6.40. The summed E-state index contributed by atoms with van der Waals surface area (Å²) in [7, 11) is 1.82. The predicted octanol–water partition coefficient (Wildman–Crippen LogP) is 4.09. The zero-order valence-electron chi connectivity index (χ0n) is 20.3. The quantitative estimate of drug-likeness (QED) is 0.536. The highest BCUT2D eigenvalue weighted by atomic mass is 32.1. The first-order valence-corrected chi connectivity index (χ1v) is 13.3. The lowest BCUT2D eigenvalue weighted by Gasteiger charge is -2.18. The Labute approximate surface area is 208 Å². The molecule has 2 unspecified atom stereocenters. The Kier molecular flexibility index (Phi) is 7.00. The molecule has 9 heteroatoms. The van der Waals surface area contributed by atoms with Crippen LogP contribution >= 0.6 is 11.3 Å². The fraction of sp³-hybridized carbons (Fsp3) is 0.500. The Morgan fingerprint density at radius 1 is 1.29 bits per heavy atom. The monoisotopic (exact) mass is 497 g/mol. The van der Waals surface area contributed by atoms with Crippen LogP contribution in [0.15, 0.2) is 29.1 Å². The van der Waals surface area contributed by atoms with Crippen LogP contribution in [0.5, 0.6) is 0 Å². The molecule has 5 rings (SSSR count). The van der Waals surface area contributed by atoms with Crippen LogP contribution in [0.2, 0.25) is 0 Å². The van der Waals surface area contributed by atoms with E-state index in [4.69, 9.17) is 4.98 Å². The number of amides is 1. The Morgan fingerprint density at radius 3 is 2.97 bits per heavy atom. The number of halogens is 1. The van der Waals surface area contributed by atoms with Crippen LogP contribution in [0.1, 0.15) is 71.2 Å². The molecule has 0 radical (unpaired) electrons.